The highest BCUT2D eigenvalue weighted by Gasteiger charge is 2.17. The number of nitrogen functional groups attached to an aromatic ring is 1. The van der Waals surface area contributed by atoms with Crippen LogP contribution in [0, 0.1) is 12.7 Å². The summed E-state index contributed by atoms with van der Waals surface area (Å²) in [5.41, 5.74) is 10.8. The third-order valence-electron chi connectivity index (χ3n) is 3.52. The van der Waals surface area contributed by atoms with E-state index in [1.54, 1.807) is 16.8 Å². The maximum atomic E-state index is 13.1. The van der Waals surface area contributed by atoms with Crippen molar-refractivity contribution in [1.29, 1.82) is 0 Å². The molecule has 2 aromatic carbocycles. The monoisotopic (exact) mass is 281 g/mol. The molecule has 1 aromatic heterocycles. The Balaban J connectivity index is 2.23. The van der Waals surface area contributed by atoms with Gasteiger partial charge in [-0.1, -0.05) is 35.9 Å². The molecule has 0 aliphatic carbocycles. The van der Waals surface area contributed by atoms with Crippen LogP contribution in [0.25, 0.3) is 22.4 Å². The molecule has 0 aliphatic rings. The van der Waals surface area contributed by atoms with E-state index in [0.29, 0.717) is 5.82 Å². The summed E-state index contributed by atoms with van der Waals surface area (Å²) >= 11 is 0. The summed E-state index contributed by atoms with van der Waals surface area (Å²) in [5.74, 6) is 0.302. The van der Waals surface area contributed by atoms with Crippen molar-refractivity contribution in [1.82, 2.24) is 9.78 Å². The molecule has 0 spiro atoms. The molecular formula is C17H16FN3. The van der Waals surface area contributed by atoms with Gasteiger partial charge in [0, 0.05) is 12.6 Å². The lowest BCUT2D eigenvalue weighted by atomic mass is 10.00. The molecule has 3 aromatic rings. The van der Waals surface area contributed by atoms with E-state index < -0.39 is 0 Å². The second-order valence-electron chi connectivity index (χ2n) is 5.11. The average Bonchev–Trinajstić information content (AvgIpc) is 2.76. The number of rotatable bonds is 2. The first kappa shape index (κ1) is 13.4. The van der Waals surface area contributed by atoms with E-state index in [4.69, 9.17) is 5.73 Å². The first-order chi connectivity index (χ1) is 10.1. The highest BCUT2D eigenvalue weighted by atomic mass is 19.1. The summed E-state index contributed by atoms with van der Waals surface area (Å²) in [7, 11) is 1.81. The van der Waals surface area contributed by atoms with Crippen LogP contribution in [0.4, 0.5) is 10.2 Å². The zero-order chi connectivity index (χ0) is 15.0. The van der Waals surface area contributed by atoms with Crippen LogP contribution in [0.15, 0.2) is 48.5 Å². The van der Waals surface area contributed by atoms with Crippen molar-refractivity contribution in [2.75, 3.05) is 5.73 Å². The minimum Gasteiger partial charge on any atom is -0.383 e. The Bertz CT molecular complexity index is 788. The number of benzene rings is 2. The molecule has 106 valence electrons. The molecule has 1 heterocycles. The lowest BCUT2D eigenvalue weighted by Gasteiger charge is -2.05. The average molecular weight is 281 g/mol. The van der Waals surface area contributed by atoms with Crippen LogP contribution in [0.2, 0.25) is 0 Å². The van der Waals surface area contributed by atoms with Gasteiger partial charge in [-0.3, -0.25) is 4.68 Å². The van der Waals surface area contributed by atoms with Crippen molar-refractivity contribution in [3.8, 4) is 22.4 Å². The summed E-state index contributed by atoms with van der Waals surface area (Å²) in [4.78, 5) is 0. The molecule has 21 heavy (non-hydrogen) atoms. The van der Waals surface area contributed by atoms with E-state index in [0.717, 1.165) is 27.9 Å². The topological polar surface area (TPSA) is 43.8 Å². The van der Waals surface area contributed by atoms with Crippen LogP contribution >= 0.6 is 0 Å². The molecule has 0 saturated carbocycles. The Kier molecular flexibility index (Phi) is 3.22. The molecule has 4 heteroatoms. The zero-order valence-electron chi connectivity index (χ0n) is 12.0. The van der Waals surface area contributed by atoms with Crippen LogP contribution in [0.1, 0.15) is 5.56 Å². The lowest BCUT2D eigenvalue weighted by Crippen LogP contribution is -1.97. The van der Waals surface area contributed by atoms with Crippen molar-refractivity contribution in [3.05, 3.63) is 59.9 Å². The van der Waals surface area contributed by atoms with Crippen LogP contribution in [0.3, 0.4) is 0 Å². The highest BCUT2D eigenvalue weighted by molar-refractivity contribution is 5.88. The number of nitrogens with two attached hydrogens (primary N) is 1. The minimum atomic E-state index is -0.265. The standard InChI is InChI=1S/C17H16FN3/c1-11-4-3-5-13(10-11)16-15(17(19)21(2)20-16)12-6-8-14(18)9-7-12/h3-10H,19H2,1-2H3. The van der Waals surface area contributed by atoms with Crippen molar-refractivity contribution in [3.63, 3.8) is 0 Å². The van der Waals surface area contributed by atoms with Gasteiger partial charge in [0.2, 0.25) is 0 Å². The van der Waals surface area contributed by atoms with Crippen molar-refractivity contribution >= 4 is 5.82 Å². The molecule has 0 radical (unpaired) electrons. The van der Waals surface area contributed by atoms with Gasteiger partial charge in [0.25, 0.3) is 0 Å². The van der Waals surface area contributed by atoms with E-state index in [-0.39, 0.29) is 5.82 Å². The van der Waals surface area contributed by atoms with Gasteiger partial charge in [0.05, 0.1) is 5.56 Å². The maximum Gasteiger partial charge on any atom is 0.129 e. The van der Waals surface area contributed by atoms with Crippen molar-refractivity contribution in [2.45, 2.75) is 6.92 Å². The first-order valence-corrected chi connectivity index (χ1v) is 6.71. The molecule has 0 aliphatic heterocycles. The third-order valence-corrected chi connectivity index (χ3v) is 3.52. The number of hydrogen-bond acceptors (Lipinski definition) is 2. The van der Waals surface area contributed by atoms with Crippen LogP contribution in [0.5, 0.6) is 0 Å². The van der Waals surface area contributed by atoms with Gasteiger partial charge in [-0.05, 0) is 30.7 Å². The van der Waals surface area contributed by atoms with Gasteiger partial charge < -0.3 is 5.73 Å². The fourth-order valence-electron chi connectivity index (χ4n) is 2.43. The van der Waals surface area contributed by atoms with Gasteiger partial charge in [0.15, 0.2) is 0 Å². The predicted molar refractivity (Wildman–Crippen MR) is 83.2 cm³/mol. The molecule has 0 amide bonds. The van der Waals surface area contributed by atoms with Gasteiger partial charge in [-0.25, -0.2) is 4.39 Å². The molecule has 2 N–H and O–H groups in total. The van der Waals surface area contributed by atoms with Crippen LogP contribution in [-0.4, -0.2) is 9.78 Å². The Hall–Kier alpha value is -2.62. The number of hydrogen-bond donors (Lipinski definition) is 1. The maximum absolute atomic E-state index is 13.1. The number of anilines is 1. The first-order valence-electron chi connectivity index (χ1n) is 6.71. The SMILES string of the molecule is Cc1cccc(-c2nn(C)c(N)c2-c2ccc(F)cc2)c1. The zero-order valence-corrected chi connectivity index (χ0v) is 12.0. The normalized spacial score (nSPS) is 10.8. The van der Waals surface area contributed by atoms with Gasteiger partial charge in [-0.2, -0.15) is 5.10 Å². The van der Waals surface area contributed by atoms with Crippen LogP contribution < -0.4 is 5.73 Å². The summed E-state index contributed by atoms with van der Waals surface area (Å²) in [5, 5.41) is 4.52. The minimum absolute atomic E-state index is 0.265. The molecule has 0 bridgehead atoms. The number of aryl methyl sites for hydroxylation is 2. The molecule has 0 saturated heterocycles. The largest absolute Gasteiger partial charge is 0.383 e. The summed E-state index contributed by atoms with van der Waals surface area (Å²) < 4.78 is 14.8. The number of aromatic nitrogens is 2. The molecular weight excluding hydrogens is 265 g/mol. The second-order valence-corrected chi connectivity index (χ2v) is 5.11. The quantitative estimate of drug-likeness (QED) is 0.776. The fourth-order valence-corrected chi connectivity index (χ4v) is 2.43. The summed E-state index contributed by atoms with van der Waals surface area (Å²) in [6.07, 6.45) is 0. The predicted octanol–water partition coefficient (Wildman–Crippen LogP) is 3.78. The Labute approximate surface area is 122 Å². The number of nitrogens with zero attached hydrogens (tertiary/aromatic N) is 2. The molecule has 0 unspecified atom stereocenters. The molecule has 0 fully saturated rings. The van der Waals surface area contributed by atoms with E-state index in [1.807, 2.05) is 32.2 Å². The van der Waals surface area contributed by atoms with Crippen molar-refractivity contribution in [2.24, 2.45) is 7.05 Å². The lowest BCUT2D eigenvalue weighted by molar-refractivity contribution is 0.628. The molecule has 3 rings (SSSR count). The van der Waals surface area contributed by atoms with E-state index in [9.17, 15) is 4.39 Å². The van der Waals surface area contributed by atoms with Gasteiger partial charge in [0.1, 0.15) is 17.3 Å². The van der Waals surface area contributed by atoms with Gasteiger partial charge in [-0.15, -0.1) is 0 Å². The summed E-state index contributed by atoms with van der Waals surface area (Å²) in [6, 6.07) is 14.4. The smallest absolute Gasteiger partial charge is 0.129 e. The number of halogens is 1. The molecule has 0 atom stereocenters. The van der Waals surface area contributed by atoms with E-state index in [1.165, 1.54) is 12.1 Å². The van der Waals surface area contributed by atoms with Crippen LogP contribution in [-0.2, 0) is 7.05 Å². The fraction of sp³-hybridized carbons (Fsp3) is 0.118. The summed E-state index contributed by atoms with van der Waals surface area (Å²) in [6.45, 7) is 2.04. The molecule has 3 nitrogen and oxygen atoms in total. The van der Waals surface area contributed by atoms with Gasteiger partial charge >= 0.3 is 0 Å². The second kappa shape index (κ2) is 5.05. The highest BCUT2D eigenvalue weighted by Crippen LogP contribution is 2.36. The third kappa shape index (κ3) is 2.40. The Morgan fingerprint density at radius 1 is 1.05 bits per heavy atom. The Morgan fingerprint density at radius 2 is 1.76 bits per heavy atom. The Morgan fingerprint density at radius 3 is 2.43 bits per heavy atom. The van der Waals surface area contributed by atoms with Crippen molar-refractivity contribution < 1.29 is 4.39 Å². The van der Waals surface area contributed by atoms with E-state index in [2.05, 4.69) is 11.2 Å². The van der Waals surface area contributed by atoms with E-state index >= 15 is 0 Å².